The van der Waals surface area contributed by atoms with Crippen molar-refractivity contribution in [2.75, 3.05) is 16.8 Å². The molecular formula is C12H17ClN2. The summed E-state index contributed by atoms with van der Waals surface area (Å²) >= 11 is 6.17. The zero-order chi connectivity index (χ0) is 11.0. The fraction of sp³-hybridized carbons (Fsp3) is 0.500. The Morgan fingerprint density at radius 1 is 1.47 bits per heavy atom. The van der Waals surface area contributed by atoms with Crippen LogP contribution in [0.2, 0.25) is 5.02 Å². The first kappa shape index (κ1) is 10.6. The molecule has 0 spiro atoms. The minimum Gasteiger partial charge on any atom is -0.380 e. The highest BCUT2D eigenvalue weighted by atomic mass is 35.5. The molecule has 3 heteroatoms. The summed E-state index contributed by atoms with van der Waals surface area (Å²) in [5, 5.41) is 4.20. The van der Waals surface area contributed by atoms with Crippen LogP contribution in [0.15, 0.2) is 18.2 Å². The molecule has 1 unspecified atom stereocenters. The van der Waals surface area contributed by atoms with Crippen molar-refractivity contribution in [2.45, 2.75) is 32.9 Å². The molecule has 15 heavy (non-hydrogen) atoms. The lowest BCUT2D eigenvalue weighted by molar-refractivity contribution is 0.580. The molecule has 1 aliphatic heterocycles. The van der Waals surface area contributed by atoms with Crippen LogP contribution < -0.4 is 10.2 Å². The van der Waals surface area contributed by atoms with E-state index in [0.29, 0.717) is 12.1 Å². The summed E-state index contributed by atoms with van der Waals surface area (Å²) in [4.78, 5) is 2.41. The fourth-order valence-electron chi connectivity index (χ4n) is 2.28. The van der Waals surface area contributed by atoms with Crippen LogP contribution in [0.5, 0.6) is 0 Å². The number of rotatable bonds is 1. The van der Waals surface area contributed by atoms with Crippen LogP contribution in [0.25, 0.3) is 0 Å². The molecule has 1 N–H and O–H groups in total. The predicted molar refractivity (Wildman–Crippen MR) is 67.0 cm³/mol. The lowest BCUT2D eigenvalue weighted by Crippen LogP contribution is -2.46. The summed E-state index contributed by atoms with van der Waals surface area (Å²) in [6.45, 7) is 7.62. The number of para-hydroxylation sites is 1. The minimum atomic E-state index is 0.499. The van der Waals surface area contributed by atoms with Crippen LogP contribution >= 0.6 is 11.6 Å². The molecule has 1 aliphatic rings. The number of nitrogens with one attached hydrogen (secondary N) is 1. The number of nitrogens with zero attached hydrogens (tertiary/aromatic N) is 1. The number of hydrogen-bond donors (Lipinski definition) is 1. The Morgan fingerprint density at radius 3 is 2.87 bits per heavy atom. The van der Waals surface area contributed by atoms with Crippen molar-refractivity contribution in [3.05, 3.63) is 23.2 Å². The maximum atomic E-state index is 6.17. The Hall–Kier alpha value is -0.890. The van der Waals surface area contributed by atoms with E-state index in [9.17, 15) is 0 Å². The zero-order valence-corrected chi connectivity index (χ0v) is 10.2. The van der Waals surface area contributed by atoms with E-state index < -0.39 is 0 Å². The van der Waals surface area contributed by atoms with E-state index in [1.165, 1.54) is 5.69 Å². The van der Waals surface area contributed by atoms with Gasteiger partial charge in [-0.15, -0.1) is 0 Å². The number of hydrogen-bond acceptors (Lipinski definition) is 2. The third kappa shape index (κ3) is 1.78. The normalized spacial score (nSPS) is 20.1. The summed E-state index contributed by atoms with van der Waals surface area (Å²) in [7, 11) is 0. The van der Waals surface area contributed by atoms with Gasteiger partial charge in [0.25, 0.3) is 0 Å². The maximum Gasteiger partial charge on any atom is 0.0768 e. The Morgan fingerprint density at radius 2 is 2.20 bits per heavy atom. The Kier molecular flexibility index (Phi) is 2.79. The third-order valence-corrected chi connectivity index (χ3v) is 3.19. The maximum absolute atomic E-state index is 6.17. The number of anilines is 2. The van der Waals surface area contributed by atoms with Gasteiger partial charge in [0.15, 0.2) is 0 Å². The van der Waals surface area contributed by atoms with Crippen molar-refractivity contribution in [3.63, 3.8) is 0 Å². The zero-order valence-electron chi connectivity index (χ0n) is 9.42. The van der Waals surface area contributed by atoms with E-state index in [-0.39, 0.29) is 0 Å². The summed E-state index contributed by atoms with van der Waals surface area (Å²) in [6, 6.07) is 7.08. The van der Waals surface area contributed by atoms with Crippen molar-refractivity contribution in [1.29, 1.82) is 0 Å². The molecule has 1 aromatic rings. The molecule has 0 aliphatic carbocycles. The topological polar surface area (TPSA) is 15.3 Å². The van der Waals surface area contributed by atoms with Crippen molar-refractivity contribution in [2.24, 2.45) is 0 Å². The van der Waals surface area contributed by atoms with E-state index in [4.69, 9.17) is 11.6 Å². The van der Waals surface area contributed by atoms with Gasteiger partial charge in [-0.25, -0.2) is 0 Å². The van der Waals surface area contributed by atoms with E-state index in [1.54, 1.807) is 0 Å². The first-order valence-electron chi connectivity index (χ1n) is 5.42. The van der Waals surface area contributed by atoms with Gasteiger partial charge in [0, 0.05) is 18.6 Å². The molecule has 1 aromatic carbocycles. The largest absolute Gasteiger partial charge is 0.380 e. The number of benzene rings is 1. The molecule has 0 radical (unpaired) electrons. The molecule has 82 valence electrons. The van der Waals surface area contributed by atoms with Crippen LogP contribution in [0.3, 0.4) is 0 Å². The van der Waals surface area contributed by atoms with Crippen molar-refractivity contribution >= 4 is 23.0 Å². The second-order valence-corrected chi connectivity index (χ2v) is 4.77. The van der Waals surface area contributed by atoms with Crippen LogP contribution in [-0.2, 0) is 0 Å². The van der Waals surface area contributed by atoms with Gasteiger partial charge in [-0.05, 0) is 32.9 Å². The van der Waals surface area contributed by atoms with Gasteiger partial charge in [0.2, 0.25) is 0 Å². The lowest BCUT2D eigenvalue weighted by Gasteiger charge is -2.40. The van der Waals surface area contributed by atoms with Crippen LogP contribution in [0.4, 0.5) is 11.4 Å². The molecule has 2 rings (SSSR count). The molecule has 0 fully saturated rings. The molecule has 0 saturated carbocycles. The highest BCUT2D eigenvalue weighted by Crippen LogP contribution is 2.37. The van der Waals surface area contributed by atoms with Gasteiger partial charge < -0.3 is 10.2 Å². The van der Waals surface area contributed by atoms with Gasteiger partial charge >= 0.3 is 0 Å². The summed E-state index contributed by atoms with van der Waals surface area (Å²) in [5.41, 5.74) is 2.29. The first-order valence-corrected chi connectivity index (χ1v) is 5.79. The summed E-state index contributed by atoms with van der Waals surface area (Å²) in [6.07, 6.45) is 0. The summed E-state index contributed by atoms with van der Waals surface area (Å²) in [5.74, 6) is 0. The Balaban J connectivity index is 2.48. The smallest absolute Gasteiger partial charge is 0.0768 e. The standard InChI is InChI=1S/C12H17ClN2/c1-8(2)15-9(3)7-14-12-10(13)5-4-6-11(12)15/h4-6,8-9,14H,7H2,1-3H3. The lowest BCUT2D eigenvalue weighted by atomic mass is 10.1. The van der Waals surface area contributed by atoms with E-state index in [1.807, 2.05) is 12.1 Å². The van der Waals surface area contributed by atoms with Crippen molar-refractivity contribution < 1.29 is 0 Å². The highest BCUT2D eigenvalue weighted by Gasteiger charge is 2.25. The third-order valence-electron chi connectivity index (χ3n) is 2.88. The average Bonchev–Trinajstić information content (AvgIpc) is 2.17. The molecule has 0 aromatic heterocycles. The first-order chi connectivity index (χ1) is 7.11. The molecule has 0 saturated heterocycles. The van der Waals surface area contributed by atoms with Crippen LogP contribution in [0.1, 0.15) is 20.8 Å². The molecule has 1 atom stereocenters. The summed E-state index contributed by atoms with van der Waals surface area (Å²) < 4.78 is 0. The molecular weight excluding hydrogens is 208 g/mol. The fourth-order valence-corrected chi connectivity index (χ4v) is 2.51. The molecule has 0 amide bonds. The average molecular weight is 225 g/mol. The van der Waals surface area contributed by atoms with Crippen molar-refractivity contribution in [3.8, 4) is 0 Å². The van der Waals surface area contributed by atoms with Crippen molar-refractivity contribution in [1.82, 2.24) is 0 Å². The molecule has 2 nitrogen and oxygen atoms in total. The van der Waals surface area contributed by atoms with E-state index in [2.05, 4.69) is 37.1 Å². The van der Waals surface area contributed by atoms with Gasteiger partial charge in [-0.3, -0.25) is 0 Å². The van der Waals surface area contributed by atoms with E-state index in [0.717, 1.165) is 17.3 Å². The highest BCUT2D eigenvalue weighted by molar-refractivity contribution is 6.34. The van der Waals surface area contributed by atoms with Gasteiger partial charge in [-0.2, -0.15) is 0 Å². The SMILES string of the molecule is CC(C)N1c2cccc(Cl)c2NCC1C. The monoisotopic (exact) mass is 224 g/mol. The van der Waals surface area contributed by atoms with E-state index >= 15 is 0 Å². The number of halogens is 1. The minimum absolute atomic E-state index is 0.499. The van der Waals surface area contributed by atoms with Crippen LogP contribution in [0, 0.1) is 0 Å². The van der Waals surface area contributed by atoms with Crippen LogP contribution in [-0.4, -0.2) is 18.6 Å². The predicted octanol–water partition coefficient (Wildman–Crippen LogP) is 3.37. The Labute approximate surface area is 96.2 Å². The molecule has 0 bridgehead atoms. The molecule has 1 heterocycles. The second-order valence-electron chi connectivity index (χ2n) is 4.36. The van der Waals surface area contributed by atoms with Gasteiger partial charge in [0.1, 0.15) is 0 Å². The quantitative estimate of drug-likeness (QED) is 0.787. The van der Waals surface area contributed by atoms with Gasteiger partial charge in [0.05, 0.1) is 16.4 Å². The van der Waals surface area contributed by atoms with Gasteiger partial charge in [-0.1, -0.05) is 17.7 Å². The second kappa shape index (κ2) is 3.93. The Bertz CT molecular complexity index is 363. The number of fused-ring (bicyclic) bond motifs is 1.